The number of benzene rings is 2. The van der Waals surface area contributed by atoms with Gasteiger partial charge in [-0.25, -0.2) is 18.2 Å². The van der Waals surface area contributed by atoms with Gasteiger partial charge in [-0.05, 0) is 119 Å². The quantitative estimate of drug-likeness (QED) is 0.250. The van der Waals surface area contributed by atoms with Gasteiger partial charge in [0.15, 0.2) is 5.54 Å². The second-order valence-corrected chi connectivity index (χ2v) is 10.2. The zero-order valence-electron chi connectivity index (χ0n) is 25.0. The minimum atomic E-state index is -1.10. The molecule has 2 aliphatic heterocycles. The first kappa shape index (κ1) is 34.4. The molecule has 1 fully saturated rings. The van der Waals surface area contributed by atoms with Crippen molar-refractivity contribution in [2.75, 3.05) is 32.4 Å². The Kier molecular flexibility index (Phi) is 13.9. The predicted molar refractivity (Wildman–Crippen MR) is 167 cm³/mol. The van der Waals surface area contributed by atoms with Crippen molar-refractivity contribution < 1.29 is 18.0 Å². The minimum Gasteiger partial charge on any atom is -0.303 e. The number of nitrogens with zero attached hydrogens (tertiary/aromatic N) is 3. The molecule has 0 aromatic heterocycles. The zero-order valence-corrected chi connectivity index (χ0v) is 25.9. The number of thiol groups is 1. The second kappa shape index (κ2) is 16.6. The van der Waals surface area contributed by atoms with Gasteiger partial charge in [-0.1, -0.05) is 43.8 Å². The molecule has 0 spiro atoms. The van der Waals surface area contributed by atoms with Gasteiger partial charge in [0.2, 0.25) is 0 Å². The maximum atomic E-state index is 13.8. The van der Waals surface area contributed by atoms with E-state index >= 15 is 0 Å². The molecular weight excluding hydrogens is 543 g/mol. The predicted octanol–water partition coefficient (Wildman–Crippen LogP) is 8.08. The maximum Gasteiger partial charge on any atom is 0.264 e. The van der Waals surface area contributed by atoms with Crippen molar-refractivity contribution >= 4 is 24.4 Å². The molecule has 2 aliphatic rings. The van der Waals surface area contributed by atoms with Crippen LogP contribution in [0.2, 0.25) is 0 Å². The summed E-state index contributed by atoms with van der Waals surface area (Å²) in [6.45, 7) is 13.6. The summed E-state index contributed by atoms with van der Waals surface area (Å²) >= 11 is 3.53. The van der Waals surface area contributed by atoms with Crippen LogP contribution in [-0.2, 0) is 10.3 Å². The number of halogens is 3. The SMILES string of the molecule is C/C=C(\CC)C1(c2ccc(F)cc2)N=C(C)N(CCCN2CCC(c3ccc(F)cc3)CC2)C1=O.C=C(C)F.CS. The van der Waals surface area contributed by atoms with Crippen molar-refractivity contribution in [3.05, 3.63) is 95.3 Å². The summed E-state index contributed by atoms with van der Waals surface area (Å²) in [5.74, 6) is 0.291. The molecule has 2 heterocycles. The van der Waals surface area contributed by atoms with Crippen LogP contribution in [0.15, 0.2) is 77.6 Å². The number of rotatable bonds is 8. The van der Waals surface area contributed by atoms with E-state index in [2.05, 4.69) is 24.1 Å². The van der Waals surface area contributed by atoms with Gasteiger partial charge in [0.1, 0.15) is 17.5 Å². The molecule has 1 unspecified atom stereocenters. The van der Waals surface area contributed by atoms with Crippen LogP contribution in [0.25, 0.3) is 0 Å². The molecule has 8 heteroatoms. The summed E-state index contributed by atoms with van der Waals surface area (Å²) in [4.78, 5) is 23.0. The van der Waals surface area contributed by atoms with Gasteiger partial charge < -0.3 is 4.90 Å². The Bertz CT molecular complexity index is 1190. The Balaban J connectivity index is 0.000000902. The minimum absolute atomic E-state index is 0.0495. The average molecular weight is 588 g/mol. The first-order valence-corrected chi connectivity index (χ1v) is 15.1. The highest BCUT2D eigenvalue weighted by molar-refractivity contribution is 7.79. The number of carbonyl (C=O) groups is 1. The summed E-state index contributed by atoms with van der Waals surface area (Å²) in [7, 11) is 0. The van der Waals surface area contributed by atoms with E-state index in [0.29, 0.717) is 30.3 Å². The monoisotopic (exact) mass is 587 g/mol. The van der Waals surface area contributed by atoms with E-state index in [4.69, 9.17) is 4.99 Å². The number of aliphatic imine (C=N–C) groups is 1. The Labute approximate surface area is 249 Å². The molecule has 2 aromatic carbocycles. The van der Waals surface area contributed by atoms with Gasteiger partial charge in [0, 0.05) is 6.54 Å². The van der Waals surface area contributed by atoms with E-state index in [1.807, 2.05) is 39.0 Å². The van der Waals surface area contributed by atoms with E-state index in [0.717, 1.165) is 44.5 Å². The van der Waals surface area contributed by atoms with E-state index in [9.17, 15) is 18.0 Å². The average Bonchev–Trinajstić information content (AvgIpc) is 3.21. The third kappa shape index (κ3) is 8.82. The van der Waals surface area contributed by atoms with Crippen LogP contribution in [0.3, 0.4) is 0 Å². The number of hydrogen-bond donors (Lipinski definition) is 1. The standard InChI is InChI=1S/C29H35F2N3O.C3H5F.CH4S/c1-4-24(5-2)29(25-9-13-27(31)14-10-25)28(35)34(21(3)32-29)18-6-17-33-19-15-23(16-20-33)22-7-11-26(30)12-8-22;1-3(2)4;1-2/h4,7-14,23H,5-6,15-20H2,1-3H3;1H2,2H3;2H,1H3/b24-4+;;. The number of carbonyl (C=O) groups excluding carboxylic acids is 1. The molecule has 0 saturated carbocycles. The fourth-order valence-electron chi connectivity index (χ4n) is 5.58. The number of hydrogen-bond acceptors (Lipinski definition) is 4. The summed E-state index contributed by atoms with van der Waals surface area (Å²) in [6.07, 6.45) is 7.32. The molecular formula is C33H44F3N3OS. The summed E-state index contributed by atoms with van der Waals surface area (Å²) in [5.41, 5.74) is 1.75. The lowest BCUT2D eigenvalue weighted by Crippen LogP contribution is -2.43. The molecule has 4 nitrogen and oxygen atoms in total. The van der Waals surface area contributed by atoms with Gasteiger partial charge in [-0.15, -0.1) is 0 Å². The molecule has 2 aromatic rings. The van der Waals surface area contributed by atoms with Crippen LogP contribution in [0.5, 0.6) is 0 Å². The van der Waals surface area contributed by atoms with Crippen LogP contribution in [0, 0.1) is 11.6 Å². The van der Waals surface area contributed by atoms with Crippen molar-refractivity contribution in [1.29, 1.82) is 0 Å². The van der Waals surface area contributed by atoms with E-state index in [1.165, 1.54) is 24.6 Å². The molecule has 0 bridgehead atoms. The fourth-order valence-corrected chi connectivity index (χ4v) is 5.58. The molecule has 41 heavy (non-hydrogen) atoms. The highest BCUT2D eigenvalue weighted by Gasteiger charge is 2.50. The lowest BCUT2D eigenvalue weighted by atomic mass is 9.81. The summed E-state index contributed by atoms with van der Waals surface area (Å²) in [5, 5.41) is 0. The Morgan fingerprint density at radius 3 is 2.05 bits per heavy atom. The van der Waals surface area contributed by atoms with Crippen LogP contribution in [0.1, 0.15) is 70.4 Å². The van der Waals surface area contributed by atoms with Crippen molar-refractivity contribution in [3.8, 4) is 0 Å². The molecule has 1 saturated heterocycles. The first-order valence-electron chi connectivity index (χ1n) is 14.2. The number of amides is 1. The van der Waals surface area contributed by atoms with Gasteiger partial charge in [-0.2, -0.15) is 12.6 Å². The van der Waals surface area contributed by atoms with Crippen molar-refractivity contribution in [3.63, 3.8) is 0 Å². The Morgan fingerprint density at radius 1 is 1.05 bits per heavy atom. The van der Waals surface area contributed by atoms with Gasteiger partial charge in [0.25, 0.3) is 5.91 Å². The van der Waals surface area contributed by atoms with E-state index in [1.54, 1.807) is 35.4 Å². The summed E-state index contributed by atoms with van der Waals surface area (Å²) in [6, 6.07) is 13.0. The molecule has 1 amide bonds. The molecule has 0 N–H and O–H groups in total. The van der Waals surface area contributed by atoms with Crippen LogP contribution in [-0.4, -0.2) is 54.0 Å². The number of likely N-dealkylation sites (tertiary alicyclic amines) is 1. The number of amidine groups is 1. The van der Waals surface area contributed by atoms with Crippen LogP contribution in [0.4, 0.5) is 13.2 Å². The first-order chi connectivity index (χ1) is 19.6. The Morgan fingerprint density at radius 2 is 1.56 bits per heavy atom. The molecule has 1 atom stereocenters. The molecule has 4 rings (SSSR count). The van der Waals surface area contributed by atoms with Crippen LogP contribution >= 0.6 is 12.6 Å². The lowest BCUT2D eigenvalue weighted by Gasteiger charge is -2.33. The van der Waals surface area contributed by atoms with Crippen molar-refractivity contribution in [2.24, 2.45) is 4.99 Å². The molecule has 0 aliphatic carbocycles. The third-order valence-corrected chi connectivity index (χ3v) is 7.52. The lowest BCUT2D eigenvalue weighted by molar-refractivity contribution is -0.130. The molecule has 0 radical (unpaired) electrons. The normalized spacial score (nSPS) is 19.6. The smallest absolute Gasteiger partial charge is 0.264 e. The van der Waals surface area contributed by atoms with E-state index < -0.39 is 5.54 Å². The van der Waals surface area contributed by atoms with Gasteiger partial charge in [0.05, 0.1) is 5.83 Å². The second-order valence-electron chi connectivity index (χ2n) is 10.2. The van der Waals surface area contributed by atoms with E-state index in [-0.39, 0.29) is 23.4 Å². The fraction of sp³-hybridized carbons (Fsp3) is 0.455. The highest BCUT2D eigenvalue weighted by Crippen LogP contribution is 2.42. The number of allylic oxidation sites excluding steroid dienone is 2. The topological polar surface area (TPSA) is 35.9 Å². The zero-order chi connectivity index (χ0) is 30.6. The van der Waals surface area contributed by atoms with Crippen molar-refractivity contribution in [1.82, 2.24) is 9.80 Å². The maximum absolute atomic E-state index is 13.8. The summed E-state index contributed by atoms with van der Waals surface area (Å²) < 4.78 is 37.7. The van der Waals surface area contributed by atoms with Gasteiger partial charge >= 0.3 is 0 Å². The third-order valence-electron chi connectivity index (χ3n) is 7.52. The van der Waals surface area contributed by atoms with Gasteiger partial charge in [-0.3, -0.25) is 9.69 Å². The Hall–Kier alpha value is -2.84. The highest BCUT2D eigenvalue weighted by atomic mass is 32.1. The van der Waals surface area contributed by atoms with Crippen molar-refractivity contribution in [2.45, 2.75) is 64.8 Å². The largest absolute Gasteiger partial charge is 0.303 e. The molecule has 224 valence electrons. The number of piperidine rings is 1. The van der Waals surface area contributed by atoms with Crippen LogP contribution < -0.4 is 0 Å².